The highest BCUT2D eigenvalue weighted by atomic mass is 35.5. The van der Waals surface area contributed by atoms with Crippen molar-refractivity contribution in [1.82, 2.24) is 20.0 Å². The molecule has 0 radical (unpaired) electrons. The van der Waals surface area contributed by atoms with Crippen molar-refractivity contribution in [2.24, 2.45) is 0 Å². The number of aromatic amines is 1. The van der Waals surface area contributed by atoms with Crippen LogP contribution in [0, 0.1) is 12.7 Å². The maximum atomic E-state index is 13.0. The number of amides is 1. The third-order valence-corrected chi connectivity index (χ3v) is 6.23. The fourth-order valence-corrected chi connectivity index (χ4v) is 4.14. The van der Waals surface area contributed by atoms with Gasteiger partial charge < -0.3 is 14.4 Å². The molecule has 1 N–H and O–H groups in total. The molecule has 30 heavy (non-hydrogen) atoms. The maximum absolute atomic E-state index is 13.0. The Balaban J connectivity index is 1.27. The Hall–Kier alpha value is -2.16. The fourth-order valence-electron chi connectivity index (χ4n) is 3.99. The Bertz CT molecular complexity index is 868. The number of likely N-dealkylation sites (tertiary alicyclic amines) is 1. The second-order valence-corrected chi connectivity index (χ2v) is 8.24. The van der Waals surface area contributed by atoms with Gasteiger partial charge in [-0.25, -0.2) is 4.39 Å². The second-order valence-electron chi connectivity index (χ2n) is 7.86. The third kappa shape index (κ3) is 4.94. The summed E-state index contributed by atoms with van der Waals surface area (Å²) in [5, 5.41) is 7.89. The smallest absolute Gasteiger partial charge is 0.248 e. The van der Waals surface area contributed by atoms with E-state index in [0.717, 1.165) is 37.3 Å². The number of hydrogen-bond acceptors (Lipinski definition) is 5. The van der Waals surface area contributed by atoms with Crippen LogP contribution in [0.25, 0.3) is 0 Å². The Labute approximate surface area is 180 Å². The van der Waals surface area contributed by atoms with Gasteiger partial charge in [0.05, 0.1) is 23.0 Å². The molecule has 1 aromatic heterocycles. The lowest BCUT2D eigenvalue weighted by Gasteiger charge is -2.42. The lowest BCUT2D eigenvalue weighted by molar-refractivity contribution is -0.155. The first-order valence-corrected chi connectivity index (χ1v) is 10.6. The van der Waals surface area contributed by atoms with Crippen molar-refractivity contribution in [2.45, 2.75) is 38.5 Å². The molecule has 7 nitrogen and oxygen atoms in total. The Morgan fingerprint density at radius 3 is 2.70 bits per heavy atom. The summed E-state index contributed by atoms with van der Waals surface area (Å²) in [5.41, 5.74) is 1.75. The van der Waals surface area contributed by atoms with Crippen LogP contribution >= 0.6 is 11.6 Å². The Kier molecular flexibility index (Phi) is 6.55. The molecule has 0 bridgehead atoms. The van der Waals surface area contributed by atoms with Crippen molar-refractivity contribution in [3.63, 3.8) is 0 Å². The zero-order valence-electron chi connectivity index (χ0n) is 16.9. The first-order chi connectivity index (χ1) is 14.5. The SMILES string of the molecule is Cc1[nH]nc(CN2CCC(N3CC(COc4ccc(F)cc4)OCC3=O)CC2)c1Cl. The molecule has 0 saturated carbocycles. The van der Waals surface area contributed by atoms with Crippen LogP contribution < -0.4 is 4.74 Å². The van der Waals surface area contributed by atoms with E-state index in [1.807, 2.05) is 11.8 Å². The van der Waals surface area contributed by atoms with Crippen molar-refractivity contribution < 1.29 is 18.7 Å². The number of morpholine rings is 1. The van der Waals surface area contributed by atoms with Crippen LogP contribution in [0.3, 0.4) is 0 Å². The number of rotatable bonds is 6. The molecule has 2 fully saturated rings. The number of nitrogens with zero attached hydrogens (tertiary/aromatic N) is 3. The maximum Gasteiger partial charge on any atom is 0.248 e. The van der Waals surface area contributed by atoms with Crippen molar-refractivity contribution in [1.29, 1.82) is 0 Å². The molecule has 1 atom stereocenters. The summed E-state index contributed by atoms with van der Waals surface area (Å²) in [7, 11) is 0. The van der Waals surface area contributed by atoms with Gasteiger partial charge in [-0.2, -0.15) is 5.10 Å². The van der Waals surface area contributed by atoms with Crippen LogP contribution in [0.1, 0.15) is 24.2 Å². The molecule has 2 aromatic rings. The van der Waals surface area contributed by atoms with Crippen molar-refractivity contribution in [3.8, 4) is 5.75 Å². The van der Waals surface area contributed by atoms with E-state index in [1.165, 1.54) is 12.1 Å². The lowest BCUT2D eigenvalue weighted by Crippen LogP contribution is -2.55. The topological polar surface area (TPSA) is 70.7 Å². The number of hydrogen-bond donors (Lipinski definition) is 1. The lowest BCUT2D eigenvalue weighted by atomic mass is 10.0. The molecule has 1 unspecified atom stereocenters. The molecule has 0 spiro atoms. The van der Waals surface area contributed by atoms with Gasteiger partial charge in [0.1, 0.15) is 30.9 Å². The van der Waals surface area contributed by atoms with E-state index in [1.54, 1.807) is 12.1 Å². The number of ether oxygens (including phenoxy) is 2. The molecule has 2 aliphatic heterocycles. The summed E-state index contributed by atoms with van der Waals surface area (Å²) in [5.74, 6) is 0.311. The minimum absolute atomic E-state index is 0.0254. The van der Waals surface area contributed by atoms with E-state index in [2.05, 4.69) is 15.1 Å². The number of nitrogens with one attached hydrogen (secondary N) is 1. The zero-order chi connectivity index (χ0) is 21.1. The molecular formula is C21H26ClFN4O3. The minimum atomic E-state index is -0.302. The molecule has 2 aliphatic rings. The van der Waals surface area contributed by atoms with E-state index in [-0.39, 0.29) is 30.5 Å². The number of halogens is 2. The van der Waals surface area contributed by atoms with Crippen LogP contribution in [0.2, 0.25) is 5.02 Å². The summed E-state index contributed by atoms with van der Waals surface area (Å²) >= 11 is 6.28. The van der Waals surface area contributed by atoms with E-state index < -0.39 is 0 Å². The Morgan fingerprint density at radius 1 is 1.30 bits per heavy atom. The van der Waals surface area contributed by atoms with E-state index >= 15 is 0 Å². The highest BCUT2D eigenvalue weighted by Crippen LogP contribution is 2.24. The number of aryl methyl sites for hydroxylation is 1. The number of carbonyl (C=O) groups excluding carboxylic acids is 1. The monoisotopic (exact) mass is 436 g/mol. The Morgan fingerprint density at radius 2 is 2.03 bits per heavy atom. The van der Waals surface area contributed by atoms with Crippen molar-refractivity contribution in [2.75, 3.05) is 32.8 Å². The summed E-state index contributed by atoms with van der Waals surface area (Å²) in [6, 6.07) is 6.09. The first kappa shape index (κ1) is 21.1. The minimum Gasteiger partial charge on any atom is -0.491 e. The number of piperidine rings is 1. The summed E-state index contributed by atoms with van der Waals surface area (Å²) in [4.78, 5) is 16.7. The normalized spacial score (nSPS) is 21.2. The quantitative estimate of drug-likeness (QED) is 0.754. The summed E-state index contributed by atoms with van der Waals surface area (Å²) in [6.45, 7) is 5.29. The van der Waals surface area contributed by atoms with Gasteiger partial charge in [-0.1, -0.05) is 11.6 Å². The summed E-state index contributed by atoms with van der Waals surface area (Å²) in [6.07, 6.45) is 1.60. The molecule has 1 amide bonds. The largest absolute Gasteiger partial charge is 0.491 e. The number of benzene rings is 1. The average molecular weight is 437 g/mol. The van der Waals surface area contributed by atoms with E-state index in [9.17, 15) is 9.18 Å². The van der Waals surface area contributed by atoms with Gasteiger partial charge in [0.15, 0.2) is 0 Å². The van der Waals surface area contributed by atoms with Crippen molar-refractivity contribution in [3.05, 3.63) is 46.5 Å². The van der Waals surface area contributed by atoms with Crippen LogP contribution in [-0.4, -0.2) is 70.9 Å². The average Bonchev–Trinajstić information content (AvgIpc) is 3.07. The fraction of sp³-hybridized carbons (Fsp3) is 0.524. The second kappa shape index (κ2) is 9.32. The molecule has 9 heteroatoms. The standard InChI is InChI=1S/C21H26ClFN4O3/c1-14-21(22)19(25-24-14)11-26-8-6-16(7-9-26)27-10-18(30-13-20(27)28)12-29-17-4-2-15(23)3-5-17/h2-5,16,18H,6-13H2,1H3,(H,24,25). The van der Waals surface area contributed by atoms with Gasteiger partial charge in [-0.15, -0.1) is 0 Å². The molecule has 4 rings (SSSR count). The van der Waals surface area contributed by atoms with Gasteiger partial charge in [0.25, 0.3) is 0 Å². The van der Waals surface area contributed by atoms with Crippen LogP contribution in [-0.2, 0) is 16.1 Å². The van der Waals surface area contributed by atoms with E-state index in [0.29, 0.717) is 30.5 Å². The molecule has 3 heterocycles. The van der Waals surface area contributed by atoms with Gasteiger partial charge >= 0.3 is 0 Å². The predicted molar refractivity (Wildman–Crippen MR) is 110 cm³/mol. The van der Waals surface area contributed by atoms with Gasteiger partial charge in [-0.05, 0) is 44.0 Å². The van der Waals surface area contributed by atoms with Crippen LogP contribution in [0.15, 0.2) is 24.3 Å². The van der Waals surface area contributed by atoms with Crippen molar-refractivity contribution >= 4 is 17.5 Å². The molecule has 0 aliphatic carbocycles. The predicted octanol–water partition coefficient (Wildman–Crippen LogP) is 2.78. The molecule has 1 aromatic carbocycles. The van der Waals surface area contributed by atoms with E-state index in [4.69, 9.17) is 21.1 Å². The molecular weight excluding hydrogens is 411 g/mol. The van der Waals surface area contributed by atoms with Gasteiger partial charge in [0.2, 0.25) is 5.91 Å². The van der Waals surface area contributed by atoms with Crippen LogP contribution in [0.4, 0.5) is 4.39 Å². The highest BCUT2D eigenvalue weighted by Gasteiger charge is 2.34. The van der Waals surface area contributed by atoms with Gasteiger partial charge in [-0.3, -0.25) is 14.8 Å². The zero-order valence-corrected chi connectivity index (χ0v) is 17.7. The number of carbonyl (C=O) groups is 1. The van der Waals surface area contributed by atoms with Gasteiger partial charge in [0, 0.05) is 25.7 Å². The number of H-pyrrole nitrogens is 1. The number of aromatic nitrogens is 2. The highest BCUT2D eigenvalue weighted by molar-refractivity contribution is 6.31. The third-order valence-electron chi connectivity index (χ3n) is 5.73. The first-order valence-electron chi connectivity index (χ1n) is 10.2. The molecule has 162 valence electrons. The van der Waals surface area contributed by atoms with Crippen LogP contribution in [0.5, 0.6) is 5.75 Å². The summed E-state index contributed by atoms with van der Waals surface area (Å²) < 4.78 is 24.4. The molecule has 2 saturated heterocycles.